The number of amides is 1. The van der Waals surface area contributed by atoms with Crippen LogP contribution in [-0.2, 0) is 6.18 Å². The Balaban J connectivity index is 2.34. The number of benzene rings is 2. The fourth-order valence-corrected chi connectivity index (χ4v) is 2.99. The van der Waals surface area contributed by atoms with E-state index in [4.69, 9.17) is 0 Å². The lowest BCUT2D eigenvalue weighted by Crippen LogP contribution is -2.26. The van der Waals surface area contributed by atoms with Crippen molar-refractivity contribution in [3.05, 3.63) is 58.7 Å². The highest BCUT2D eigenvalue weighted by Crippen LogP contribution is 2.33. The van der Waals surface area contributed by atoms with Crippen LogP contribution in [0.15, 0.2) is 36.4 Å². The van der Waals surface area contributed by atoms with E-state index in [0.717, 1.165) is 36.2 Å². The van der Waals surface area contributed by atoms with Crippen LogP contribution in [0.1, 0.15) is 33.5 Å². The van der Waals surface area contributed by atoms with E-state index in [1.165, 1.54) is 6.07 Å². The van der Waals surface area contributed by atoms with Crippen LogP contribution < -0.4 is 10.2 Å². The van der Waals surface area contributed by atoms with E-state index in [9.17, 15) is 18.0 Å². The summed E-state index contributed by atoms with van der Waals surface area (Å²) >= 11 is 0. The van der Waals surface area contributed by atoms with Gasteiger partial charge in [0.25, 0.3) is 5.91 Å². The topological polar surface area (TPSA) is 35.6 Å². The van der Waals surface area contributed by atoms with Crippen molar-refractivity contribution < 1.29 is 18.0 Å². The summed E-state index contributed by atoms with van der Waals surface area (Å²) < 4.78 is 39.7. The van der Waals surface area contributed by atoms with Crippen molar-refractivity contribution in [3.8, 4) is 0 Å². The van der Waals surface area contributed by atoms with Gasteiger partial charge in [0.05, 0.1) is 11.1 Å². The molecule has 0 aliphatic heterocycles. The van der Waals surface area contributed by atoms with E-state index < -0.39 is 17.6 Å². The Morgan fingerprint density at radius 1 is 0.966 bits per heavy atom. The summed E-state index contributed by atoms with van der Waals surface area (Å²) in [4.78, 5) is 16.7. The fraction of sp³-hybridized carbons (Fsp3) is 0.409. The molecule has 2 aromatic rings. The molecule has 0 aromatic heterocycles. The minimum atomic E-state index is -4.52. The van der Waals surface area contributed by atoms with Crippen LogP contribution in [-0.4, -0.2) is 45.0 Å². The van der Waals surface area contributed by atoms with Gasteiger partial charge < -0.3 is 15.1 Å². The largest absolute Gasteiger partial charge is 0.416 e. The van der Waals surface area contributed by atoms with Gasteiger partial charge in [-0.3, -0.25) is 4.79 Å². The summed E-state index contributed by atoms with van der Waals surface area (Å²) in [6, 6.07) is 8.73. The van der Waals surface area contributed by atoms with E-state index in [-0.39, 0.29) is 5.56 Å². The molecule has 0 spiro atoms. The van der Waals surface area contributed by atoms with E-state index in [1.54, 1.807) is 19.2 Å². The maximum Gasteiger partial charge on any atom is 0.416 e. The quantitative estimate of drug-likeness (QED) is 0.705. The Labute approximate surface area is 170 Å². The van der Waals surface area contributed by atoms with Crippen molar-refractivity contribution >= 4 is 17.3 Å². The van der Waals surface area contributed by atoms with Crippen molar-refractivity contribution in [2.75, 3.05) is 44.4 Å². The van der Waals surface area contributed by atoms with Crippen LogP contribution in [0.2, 0.25) is 0 Å². The van der Waals surface area contributed by atoms with Crippen LogP contribution in [0.25, 0.3) is 0 Å². The van der Waals surface area contributed by atoms with Gasteiger partial charge in [-0.1, -0.05) is 6.07 Å². The molecule has 0 aliphatic rings. The smallest absolute Gasteiger partial charge is 0.374 e. The Kier molecular flexibility index (Phi) is 7.30. The summed E-state index contributed by atoms with van der Waals surface area (Å²) in [5.41, 5.74) is 2.25. The zero-order chi connectivity index (χ0) is 21.8. The number of nitrogens with zero attached hydrogens (tertiary/aromatic N) is 2. The molecule has 0 saturated heterocycles. The molecular formula is C22H28F3N3O. The molecule has 0 saturated carbocycles. The Morgan fingerprint density at radius 2 is 1.66 bits per heavy atom. The van der Waals surface area contributed by atoms with Gasteiger partial charge in [0.15, 0.2) is 0 Å². The highest BCUT2D eigenvalue weighted by molar-refractivity contribution is 6.08. The third kappa shape index (κ3) is 6.22. The molecule has 1 N–H and O–H groups in total. The first-order chi connectivity index (χ1) is 13.5. The van der Waals surface area contributed by atoms with Gasteiger partial charge in [0, 0.05) is 25.0 Å². The molecule has 0 aliphatic carbocycles. The molecule has 7 heteroatoms. The van der Waals surface area contributed by atoms with Crippen molar-refractivity contribution in [2.24, 2.45) is 0 Å². The lowest BCUT2D eigenvalue weighted by Gasteiger charge is -2.24. The number of hydrogen-bond donors (Lipinski definition) is 1. The first-order valence-corrected chi connectivity index (χ1v) is 9.44. The van der Waals surface area contributed by atoms with Crippen LogP contribution in [0.4, 0.5) is 24.5 Å². The predicted octanol–water partition coefficient (Wildman–Crippen LogP) is 4.96. The van der Waals surface area contributed by atoms with Crippen molar-refractivity contribution in [1.82, 2.24) is 4.90 Å². The van der Waals surface area contributed by atoms with Crippen molar-refractivity contribution in [2.45, 2.75) is 26.4 Å². The van der Waals surface area contributed by atoms with Crippen LogP contribution in [0, 0.1) is 13.8 Å². The summed E-state index contributed by atoms with van der Waals surface area (Å²) in [7, 11) is 5.70. The highest BCUT2D eigenvalue weighted by atomic mass is 19.4. The number of hydrogen-bond acceptors (Lipinski definition) is 3. The van der Waals surface area contributed by atoms with Gasteiger partial charge in [0.2, 0.25) is 0 Å². The lowest BCUT2D eigenvalue weighted by molar-refractivity contribution is -0.137. The number of alkyl halides is 3. The van der Waals surface area contributed by atoms with E-state index in [2.05, 4.69) is 5.32 Å². The summed E-state index contributed by atoms with van der Waals surface area (Å²) in [6.07, 6.45) is -3.69. The molecule has 29 heavy (non-hydrogen) atoms. The molecule has 2 aromatic carbocycles. The Hall–Kier alpha value is -2.54. The number of carbonyl (C=O) groups is 1. The van der Waals surface area contributed by atoms with E-state index in [1.807, 2.05) is 43.8 Å². The molecule has 0 bridgehead atoms. The van der Waals surface area contributed by atoms with Gasteiger partial charge in [0.1, 0.15) is 0 Å². The zero-order valence-electron chi connectivity index (χ0n) is 17.5. The molecule has 1 amide bonds. The summed E-state index contributed by atoms with van der Waals surface area (Å²) in [5.74, 6) is -0.561. The van der Waals surface area contributed by atoms with E-state index >= 15 is 0 Å². The normalized spacial score (nSPS) is 11.6. The number of anilines is 2. The third-order valence-corrected chi connectivity index (χ3v) is 4.84. The second-order valence-corrected chi connectivity index (χ2v) is 7.56. The molecular weight excluding hydrogens is 379 g/mol. The predicted molar refractivity (Wildman–Crippen MR) is 112 cm³/mol. The first kappa shape index (κ1) is 22.7. The average Bonchev–Trinajstić information content (AvgIpc) is 2.63. The fourth-order valence-electron chi connectivity index (χ4n) is 2.99. The van der Waals surface area contributed by atoms with Crippen molar-refractivity contribution in [1.29, 1.82) is 0 Å². The van der Waals surface area contributed by atoms with Gasteiger partial charge >= 0.3 is 6.18 Å². The molecule has 0 heterocycles. The zero-order valence-corrected chi connectivity index (χ0v) is 17.5. The minimum absolute atomic E-state index is 0.00501. The second-order valence-electron chi connectivity index (χ2n) is 7.56. The average molecular weight is 407 g/mol. The Morgan fingerprint density at radius 3 is 2.24 bits per heavy atom. The van der Waals surface area contributed by atoms with Gasteiger partial charge in [-0.2, -0.15) is 13.2 Å². The minimum Gasteiger partial charge on any atom is -0.374 e. The van der Waals surface area contributed by atoms with Crippen molar-refractivity contribution in [3.63, 3.8) is 0 Å². The monoisotopic (exact) mass is 407 g/mol. The SMILES string of the molecule is Cc1ccc(NC(=O)c2cc(C(F)(F)F)ccc2N(C)CCCN(C)C)cc1C. The molecule has 0 radical (unpaired) electrons. The molecule has 2 rings (SSSR count). The van der Waals surface area contributed by atoms with Gasteiger partial charge in [-0.15, -0.1) is 0 Å². The molecule has 0 atom stereocenters. The lowest BCUT2D eigenvalue weighted by atomic mass is 10.1. The molecule has 0 fully saturated rings. The maximum atomic E-state index is 13.2. The molecule has 0 unspecified atom stereocenters. The highest BCUT2D eigenvalue weighted by Gasteiger charge is 2.32. The van der Waals surface area contributed by atoms with E-state index in [0.29, 0.717) is 17.9 Å². The third-order valence-electron chi connectivity index (χ3n) is 4.84. The number of rotatable bonds is 7. The van der Waals surface area contributed by atoms with Gasteiger partial charge in [-0.25, -0.2) is 0 Å². The summed E-state index contributed by atoms with van der Waals surface area (Å²) in [6.45, 7) is 5.33. The van der Waals surface area contributed by atoms with Crippen LogP contribution in [0.3, 0.4) is 0 Å². The second kappa shape index (κ2) is 9.31. The maximum absolute atomic E-state index is 13.2. The number of carbonyl (C=O) groups excluding carboxylic acids is 1. The van der Waals surface area contributed by atoms with Crippen LogP contribution >= 0.6 is 0 Å². The molecule has 158 valence electrons. The molecule has 4 nitrogen and oxygen atoms in total. The first-order valence-electron chi connectivity index (χ1n) is 9.44. The van der Waals surface area contributed by atoms with Crippen LogP contribution in [0.5, 0.6) is 0 Å². The number of nitrogens with one attached hydrogen (secondary N) is 1. The van der Waals surface area contributed by atoms with Gasteiger partial charge in [-0.05, 0) is 82.4 Å². The number of aryl methyl sites for hydroxylation is 2. The Bertz CT molecular complexity index is 863. The summed E-state index contributed by atoms with van der Waals surface area (Å²) in [5, 5.41) is 2.73. The number of halogens is 3. The standard InChI is InChI=1S/C22H28F3N3O/c1-15-7-9-18(13-16(15)2)26-21(29)19-14-17(22(23,24)25)8-10-20(19)28(5)12-6-11-27(3)4/h7-10,13-14H,6,11-12H2,1-5H3,(H,26,29).